The molecular formula is C16H20N2O2S. The van der Waals surface area contributed by atoms with E-state index < -0.39 is 0 Å². The first-order chi connectivity index (χ1) is 9.99. The van der Waals surface area contributed by atoms with Crippen LogP contribution in [0.25, 0.3) is 0 Å². The number of carbonyl (C=O) groups excluding carboxylic acids is 1. The van der Waals surface area contributed by atoms with Crippen molar-refractivity contribution in [3.05, 3.63) is 51.6 Å². The normalized spacial score (nSPS) is 12.2. The van der Waals surface area contributed by atoms with E-state index in [-0.39, 0.29) is 12.0 Å². The number of nitrogens with zero attached hydrogens (tertiary/aromatic N) is 1. The van der Waals surface area contributed by atoms with Gasteiger partial charge in [-0.1, -0.05) is 25.1 Å². The predicted octanol–water partition coefficient (Wildman–Crippen LogP) is 3.95. The van der Waals surface area contributed by atoms with E-state index in [1.807, 2.05) is 4.57 Å². The molecule has 0 aliphatic rings. The third kappa shape index (κ3) is 2.93. The van der Waals surface area contributed by atoms with Crippen molar-refractivity contribution in [1.29, 1.82) is 0 Å². The van der Waals surface area contributed by atoms with Gasteiger partial charge in [-0.25, -0.2) is 4.79 Å². The fourth-order valence-corrected chi connectivity index (χ4v) is 2.77. The Kier molecular flexibility index (Phi) is 4.63. The number of nitrogens with one attached hydrogen (secondary N) is 1. The summed E-state index contributed by atoms with van der Waals surface area (Å²) >= 11 is 5.34. The first kappa shape index (κ1) is 15.5. The fraction of sp³-hybridized carbons (Fsp3) is 0.375. The van der Waals surface area contributed by atoms with Crippen LogP contribution in [0.1, 0.15) is 46.6 Å². The van der Waals surface area contributed by atoms with Crippen LogP contribution in [-0.2, 0) is 4.74 Å². The molecule has 2 rings (SSSR count). The third-order valence-electron chi connectivity index (χ3n) is 3.82. The zero-order valence-electron chi connectivity index (χ0n) is 12.8. The van der Waals surface area contributed by atoms with Crippen LogP contribution in [0.3, 0.4) is 0 Å². The van der Waals surface area contributed by atoms with Gasteiger partial charge in [0.1, 0.15) is 5.69 Å². The Hall–Kier alpha value is -1.88. The molecule has 1 atom stereocenters. The molecule has 0 spiro atoms. The van der Waals surface area contributed by atoms with Crippen LogP contribution >= 0.6 is 12.2 Å². The second kappa shape index (κ2) is 6.26. The highest BCUT2D eigenvalue weighted by molar-refractivity contribution is 7.71. The maximum atomic E-state index is 11.9. The molecule has 0 aliphatic carbocycles. The second-order valence-electron chi connectivity index (χ2n) is 5.11. The Morgan fingerprint density at radius 2 is 2.10 bits per heavy atom. The number of imidazole rings is 1. The van der Waals surface area contributed by atoms with Gasteiger partial charge in [-0.2, -0.15) is 0 Å². The first-order valence-electron chi connectivity index (χ1n) is 6.95. The van der Waals surface area contributed by atoms with E-state index in [1.165, 1.54) is 18.2 Å². The van der Waals surface area contributed by atoms with Gasteiger partial charge in [0.25, 0.3) is 0 Å². The number of aromatic amines is 1. The number of methoxy groups -OCH3 is 1. The van der Waals surface area contributed by atoms with Crippen molar-refractivity contribution >= 4 is 18.2 Å². The Balaban J connectivity index is 2.56. The molecule has 0 bridgehead atoms. The molecule has 0 saturated heterocycles. The molecule has 112 valence electrons. The van der Waals surface area contributed by atoms with Crippen molar-refractivity contribution in [2.24, 2.45) is 0 Å². The van der Waals surface area contributed by atoms with Gasteiger partial charge in [0.2, 0.25) is 0 Å². The van der Waals surface area contributed by atoms with Crippen molar-refractivity contribution in [3.63, 3.8) is 0 Å². The summed E-state index contributed by atoms with van der Waals surface area (Å²) in [6.07, 6.45) is 2.44. The summed E-state index contributed by atoms with van der Waals surface area (Å²) in [5, 5.41) is 0. The number of ether oxygens (including phenoxy) is 1. The number of aromatic nitrogens is 2. The Bertz CT molecular complexity index is 715. The summed E-state index contributed by atoms with van der Waals surface area (Å²) in [5.41, 5.74) is 4.07. The molecular weight excluding hydrogens is 284 g/mol. The monoisotopic (exact) mass is 304 g/mol. The van der Waals surface area contributed by atoms with Crippen LogP contribution in [0.4, 0.5) is 0 Å². The number of hydrogen-bond donors (Lipinski definition) is 1. The lowest BCUT2D eigenvalue weighted by molar-refractivity contribution is 0.0586. The lowest BCUT2D eigenvalue weighted by atomic mass is 9.99. The minimum absolute atomic E-state index is 0.0112. The number of aryl methyl sites for hydroxylation is 2. The van der Waals surface area contributed by atoms with E-state index in [0.29, 0.717) is 10.5 Å². The van der Waals surface area contributed by atoms with Crippen LogP contribution < -0.4 is 0 Å². The van der Waals surface area contributed by atoms with Crippen LogP contribution in [-0.4, -0.2) is 22.6 Å². The molecule has 5 heteroatoms. The van der Waals surface area contributed by atoms with E-state index in [4.69, 9.17) is 17.0 Å². The molecule has 1 aromatic heterocycles. The largest absolute Gasteiger partial charge is 0.464 e. The lowest BCUT2D eigenvalue weighted by Crippen LogP contribution is -2.17. The summed E-state index contributed by atoms with van der Waals surface area (Å²) in [6.45, 7) is 6.25. The molecule has 21 heavy (non-hydrogen) atoms. The fourth-order valence-electron chi connectivity index (χ4n) is 2.49. The molecule has 0 fully saturated rings. The lowest BCUT2D eigenvalue weighted by Gasteiger charge is -2.20. The molecule has 2 aromatic rings. The Morgan fingerprint density at radius 3 is 2.67 bits per heavy atom. The zero-order chi connectivity index (χ0) is 15.6. The minimum Gasteiger partial charge on any atom is -0.464 e. The van der Waals surface area contributed by atoms with Gasteiger partial charge in [0.05, 0.1) is 13.2 Å². The van der Waals surface area contributed by atoms with Crippen LogP contribution in [0.15, 0.2) is 24.4 Å². The molecule has 1 heterocycles. The van der Waals surface area contributed by atoms with Gasteiger partial charge in [-0.05, 0) is 49.2 Å². The number of H-pyrrole nitrogens is 1. The number of carbonyl (C=O) groups is 1. The van der Waals surface area contributed by atoms with Crippen molar-refractivity contribution in [3.8, 4) is 0 Å². The second-order valence-corrected chi connectivity index (χ2v) is 5.50. The van der Waals surface area contributed by atoms with Gasteiger partial charge in [0.15, 0.2) is 4.77 Å². The highest BCUT2D eigenvalue weighted by atomic mass is 32.1. The minimum atomic E-state index is -0.385. The zero-order valence-corrected chi connectivity index (χ0v) is 13.6. The summed E-state index contributed by atoms with van der Waals surface area (Å²) in [5.74, 6) is -0.385. The molecule has 4 nitrogen and oxygen atoms in total. The van der Waals surface area contributed by atoms with E-state index >= 15 is 0 Å². The van der Waals surface area contributed by atoms with Gasteiger partial charge in [-0.15, -0.1) is 0 Å². The van der Waals surface area contributed by atoms with E-state index in [2.05, 4.69) is 44.0 Å². The molecule has 0 unspecified atom stereocenters. The van der Waals surface area contributed by atoms with Gasteiger partial charge in [-0.3, -0.25) is 0 Å². The van der Waals surface area contributed by atoms with Gasteiger partial charge in [0, 0.05) is 6.20 Å². The number of benzene rings is 1. The first-order valence-corrected chi connectivity index (χ1v) is 7.35. The average Bonchev–Trinajstić information content (AvgIpc) is 2.85. The highest BCUT2D eigenvalue weighted by Crippen LogP contribution is 2.26. The van der Waals surface area contributed by atoms with E-state index in [0.717, 1.165) is 12.0 Å². The van der Waals surface area contributed by atoms with Crippen molar-refractivity contribution in [2.45, 2.75) is 33.2 Å². The maximum Gasteiger partial charge on any atom is 0.356 e. The number of rotatable bonds is 4. The van der Waals surface area contributed by atoms with Gasteiger partial charge >= 0.3 is 5.97 Å². The standard InChI is InChI=1S/C16H20N2O2S/c1-5-13(12-7-6-10(2)11(3)8-12)18-14(15(19)20-4)9-17-16(18)21/h6-9,13H,5H2,1-4H3,(H,17,21)/t13-/m1/s1. The molecule has 1 aromatic carbocycles. The Labute approximate surface area is 129 Å². The number of esters is 1. The SMILES string of the molecule is CC[C@H](c1ccc(C)c(C)c1)n1c(C(=O)OC)c[nH]c1=S. The Morgan fingerprint density at radius 1 is 1.38 bits per heavy atom. The topological polar surface area (TPSA) is 47.0 Å². The van der Waals surface area contributed by atoms with Crippen molar-refractivity contribution < 1.29 is 9.53 Å². The van der Waals surface area contributed by atoms with Crippen LogP contribution in [0.5, 0.6) is 0 Å². The highest BCUT2D eigenvalue weighted by Gasteiger charge is 2.21. The smallest absolute Gasteiger partial charge is 0.356 e. The number of hydrogen-bond acceptors (Lipinski definition) is 3. The van der Waals surface area contributed by atoms with Crippen LogP contribution in [0.2, 0.25) is 0 Å². The summed E-state index contributed by atoms with van der Waals surface area (Å²) in [7, 11) is 1.37. The average molecular weight is 304 g/mol. The van der Waals surface area contributed by atoms with E-state index in [1.54, 1.807) is 6.20 Å². The summed E-state index contributed by atoms with van der Waals surface area (Å²) in [6, 6.07) is 6.35. The molecule has 0 aliphatic heterocycles. The van der Waals surface area contributed by atoms with Gasteiger partial charge < -0.3 is 14.3 Å². The summed E-state index contributed by atoms with van der Waals surface area (Å²) in [4.78, 5) is 14.9. The van der Waals surface area contributed by atoms with Crippen LogP contribution in [0, 0.1) is 18.6 Å². The molecule has 0 saturated carbocycles. The molecule has 0 amide bonds. The maximum absolute atomic E-state index is 11.9. The molecule has 0 radical (unpaired) electrons. The quantitative estimate of drug-likeness (QED) is 0.687. The van der Waals surface area contributed by atoms with E-state index in [9.17, 15) is 4.79 Å². The van der Waals surface area contributed by atoms with Crippen molar-refractivity contribution in [2.75, 3.05) is 7.11 Å². The predicted molar refractivity (Wildman–Crippen MR) is 85.3 cm³/mol. The molecule has 1 N–H and O–H groups in total. The summed E-state index contributed by atoms with van der Waals surface area (Å²) < 4.78 is 7.20. The third-order valence-corrected chi connectivity index (χ3v) is 4.13. The van der Waals surface area contributed by atoms with Crippen molar-refractivity contribution in [1.82, 2.24) is 9.55 Å².